The lowest BCUT2D eigenvalue weighted by atomic mass is 10.1. The van der Waals surface area contributed by atoms with Gasteiger partial charge >= 0.3 is 0 Å². The lowest BCUT2D eigenvalue weighted by Gasteiger charge is -2.20. The molecule has 0 bridgehead atoms. The first-order valence-electron chi connectivity index (χ1n) is 6.90. The molecule has 0 radical (unpaired) electrons. The highest BCUT2D eigenvalue weighted by molar-refractivity contribution is 6.11. The molecule has 22 heavy (non-hydrogen) atoms. The molecule has 0 fully saturated rings. The summed E-state index contributed by atoms with van der Waals surface area (Å²) in [4.78, 5) is 17.0. The summed E-state index contributed by atoms with van der Waals surface area (Å²) in [6.07, 6.45) is 0. The van der Waals surface area contributed by atoms with Gasteiger partial charge in [-0.25, -0.2) is 0 Å². The normalized spacial score (nSPS) is 13.9. The highest BCUT2D eigenvalue weighted by Crippen LogP contribution is 2.24. The van der Waals surface area contributed by atoms with Crippen LogP contribution in [-0.2, 0) is 0 Å². The van der Waals surface area contributed by atoms with Crippen molar-refractivity contribution < 1.29 is 9.66 Å². The van der Waals surface area contributed by atoms with Crippen LogP contribution in [0.5, 0.6) is 5.75 Å². The first kappa shape index (κ1) is 14.1. The fourth-order valence-corrected chi connectivity index (χ4v) is 2.44. The SMILES string of the molecule is COc1ccc(N2CCN=C2c2ccc([N+](=O)[O-])cc2)cc1. The van der Waals surface area contributed by atoms with E-state index >= 15 is 0 Å². The number of methoxy groups -OCH3 is 1. The molecule has 2 aromatic rings. The van der Waals surface area contributed by atoms with Gasteiger partial charge in [-0.15, -0.1) is 0 Å². The van der Waals surface area contributed by atoms with Gasteiger partial charge in [0.2, 0.25) is 0 Å². The summed E-state index contributed by atoms with van der Waals surface area (Å²) in [6.45, 7) is 1.50. The van der Waals surface area contributed by atoms with Gasteiger partial charge in [-0.3, -0.25) is 15.1 Å². The molecule has 6 nitrogen and oxygen atoms in total. The summed E-state index contributed by atoms with van der Waals surface area (Å²) in [5.74, 6) is 1.64. The predicted molar refractivity (Wildman–Crippen MR) is 84.8 cm³/mol. The van der Waals surface area contributed by atoms with E-state index in [1.54, 1.807) is 19.2 Å². The highest BCUT2D eigenvalue weighted by Gasteiger charge is 2.20. The second-order valence-electron chi connectivity index (χ2n) is 4.86. The van der Waals surface area contributed by atoms with Gasteiger partial charge in [0.1, 0.15) is 11.6 Å². The van der Waals surface area contributed by atoms with Gasteiger partial charge in [0.15, 0.2) is 0 Å². The molecule has 1 aliphatic rings. The van der Waals surface area contributed by atoms with E-state index in [0.717, 1.165) is 29.4 Å². The molecular weight excluding hydrogens is 282 g/mol. The van der Waals surface area contributed by atoms with Crippen molar-refractivity contribution in [2.24, 2.45) is 4.99 Å². The maximum atomic E-state index is 10.7. The van der Waals surface area contributed by atoms with E-state index in [4.69, 9.17) is 4.74 Å². The molecule has 0 saturated carbocycles. The van der Waals surface area contributed by atoms with Crippen LogP contribution in [0, 0.1) is 10.1 Å². The Hall–Kier alpha value is -2.89. The number of hydrogen-bond acceptors (Lipinski definition) is 5. The molecule has 1 aliphatic heterocycles. The van der Waals surface area contributed by atoms with Crippen molar-refractivity contribution in [1.29, 1.82) is 0 Å². The van der Waals surface area contributed by atoms with E-state index in [2.05, 4.69) is 9.89 Å². The fourth-order valence-electron chi connectivity index (χ4n) is 2.44. The van der Waals surface area contributed by atoms with Gasteiger partial charge < -0.3 is 9.64 Å². The number of aliphatic imine (C=N–C) groups is 1. The van der Waals surface area contributed by atoms with Crippen molar-refractivity contribution in [3.05, 3.63) is 64.2 Å². The molecule has 2 aromatic carbocycles. The standard InChI is InChI=1S/C16H15N3O3/c1-22-15-8-6-13(7-9-15)18-11-10-17-16(18)12-2-4-14(5-3-12)19(20)21/h2-9H,10-11H2,1H3. The zero-order valence-electron chi connectivity index (χ0n) is 12.1. The van der Waals surface area contributed by atoms with Crippen LogP contribution in [0.25, 0.3) is 0 Å². The zero-order valence-corrected chi connectivity index (χ0v) is 12.1. The summed E-state index contributed by atoms with van der Waals surface area (Å²) in [5.41, 5.74) is 1.98. The smallest absolute Gasteiger partial charge is 0.269 e. The summed E-state index contributed by atoms with van der Waals surface area (Å²) in [7, 11) is 1.63. The largest absolute Gasteiger partial charge is 0.497 e. The average Bonchev–Trinajstić information content (AvgIpc) is 3.04. The van der Waals surface area contributed by atoms with Crippen molar-refractivity contribution >= 4 is 17.2 Å². The Kier molecular flexibility index (Phi) is 3.74. The van der Waals surface area contributed by atoms with Crippen molar-refractivity contribution in [2.75, 3.05) is 25.1 Å². The van der Waals surface area contributed by atoms with Gasteiger partial charge in [-0.1, -0.05) is 0 Å². The van der Waals surface area contributed by atoms with E-state index in [1.807, 2.05) is 24.3 Å². The van der Waals surface area contributed by atoms with Crippen molar-refractivity contribution in [3.8, 4) is 5.75 Å². The molecule has 0 atom stereocenters. The van der Waals surface area contributed by atoms with Crippen LogP contribution in [0.3, 0.4) is 0 Å². The summed E-state index contributed by atoms with van der Waals surface area (Å²) in [5, 5.41) is 10.7. The van der Waals surface area contributed by atoms with Crippen LogP contribution in [0.4, 0.5) is 11.4 Å². The molecule has 0 unspecified atom stereocenters. The van der Waals surface area contributed by atoms with Crippen LogP contribution >= 0.6 is 0 Å². The topological polar surface area (TPSA) is 68.0 Å². The molecule has 0 N–H and O–H groups in total. The second-order valence-corrected chi connectivity index (χ2v) is 4.86. The van der Waals surface area contributed by atoms with Crippen molar-refractivity contribution in [1.82, 2.24) is 0 Å². The number of hydrogen-bond donors (Lipinski definition) is 0. The summed E-state index contributed by atoms with van der Waals surface area (Å²) < 4.78 is 5.17. The number of anilines is 1. The lowest BCUT2D eigenvalue weighted by molar-refractivity contribution is -0.384. The minimum absolute atomic E-state index is 0.0818. The maximum Gasteiger partial charge on any atom is 0.269 e. The van der Waals surface area contributed by atoms with Crippen molar-refractivity contribution in [3.63, 3.8) is 0 Å². The summed E-state index contributed by atoms with van der Waals surface area (Å²) >= 11 is 0. The third-order valence-corrected chi connectivity index (χ3v) is 3.56. The molecule has 0 amide bonds. The molecule has 0 aliphatic carbocycles. The molecule has 0 aromatic heterocycles. The number of benzene rings is 2. The highest BCUT2D eigenvalue weighted by atomic mass is 16.6. The number of nitro benzene ring substituents is 1. The van der Waals surface area contributed by atoms with E-state index in [1.165, 1.54) is 12.1 Å². The monoisotopic (exact) mass is 297 g/mol. The average molecular weight is 297 g/mol. The Morgan fingerprint density at radius 3 is 2.41 bits per heavy atom. The van der Waals surface area contributed by atoms with E-state index in [-0.39, 0.29) is 5.69 Å². The van der Waals surface area contributed by atoms with Crippen LogP contribution in [0.1, 0.15) is 5.56 Å². The Balaban J connectivity index is 1.87. The number of ether oxygens (including phenoxy) is 1. The fraction of sp³-hybridized carbons (Fsp3) is 0.188. The van der Waals surface area contributed by atoms with Gasteiger partial charge in [0.05, 0.1) is 18.6 Å². The van der Waals surface area contributed by atoms with Crippen LogP contribution in [-0.4, -0.2) is 31.0 Å². The maximum absolute atomic E-state index is 10.7. The molecular formula is C16H15N3O3. The molecule has 3 rings (SSSR count). The first-order valence-corrected chi connectivity index (χ1v) is 6.90. The Morgan fingerprint density at radius 1 is 1.14 bits per heavy atom. The minimum atomic E-state index is -0.401. The van der Waals surface area contributed by atoms with Crippen LogP contribution in [0.2, 0.25) is 0 Å². The number of nitrogens with zero attached hydrogens (tertiary/aromatic N) is 3. The number of non-ortho nitro benzene ring substituents is 1. The molecule has 6 heteroatoms. The number of nitro groups is 1. The lowest BCUT2D eigenvalue weighted by Crippen LogP contribution is -2.28. The van der Waals surface area contributed by atoms with Gasteiger partial charge in [-0.2, -0.15) is 0 Å². The van der Waals surface area contributed by atoms with Gasteiger partial charge in [-0.05, 0) is 36.4 Å². The third kappa shape index (κ3) is 2.63. The number of rotatable bonds is 4. The predicted octanol–water partition coefficient (Wildman–Crippen LogP) is 2.87. The summed E-state index contributed by atoms with van der Waals surface area (Å²) in [6, 6.07) is 14.2. The van der Waals surface area contributed by atoms with Gasteiger partial charge in [0.25, 0.3) is 5.69 Å². The third-order valence-electron chi connectivity index (χ3n) is 3.56. The van der Waals surface area contributed by atoms with Gasteiger partial charge in [0, 0.05) is 29.9 Å². The van der Waals surface area contributed by atoms with Crippen LogP contribution in [0.15, 0.2) is 53.5 Å². The Bertz CT molecular complexity index is 708. The second kappa shape index (κ2) is 5.85. The molecule has 0 spiro atoms. The zero-order chi connectivity index (χ0) is 15.5. The molecule has 0 saturated heterocycles. The molecule has 112 valence electrons. The van der Waals surface area contributed by atoms with E-state index in [0.29, 0.717) is 6.54 Å². The quantitative estimate of drug-likeness (QED) is 0.643. The minimum Gasteiger partial charge on any atom is -0.497 e. The molecule has 1 heterocycles. The van der Waals surface area contributed by atoms with Crippen molar-refractivity contribution in [2.45, 2.75) is 0 Å². The number of amidine groups is 1. The van der Waals surface area contributed by atoms with E-state index in [9.17, 15) is 10.1 Å². The Labute approximate surface area is 127 Å². The Morgan fingerprint density at radius 2 is 1.82 bits per heavy atom. The van der Waals surface area contributed by atoms with E-state index < -0.39 is 4.92 Å². The van der Waals surface area contributed by atoms with Crippen LogP contribution < -0.4 is 9.64 Å². The first-order chi connectivity index (χ1) is 10.7.